The van der Waals surface area contributed by atoms with E-state index in [0.29, 0.717) is 6.42 Å². The highest BCUT2D eigenvalue weighted by atomic mass is 31.2. The second-order valence-corrected chi connectivity index (χ2v) is 15.7. The number of esters is 1. The number of nitrogens with two attached hydrogens (primary N) is 1. The molecule has 0 saturated heterocycles. The first-order chi connectivity index (χ1) is 25.4. The van der Waals surface area contributed by atoms with Crippen LogP contribution in [0.4, 0.5) is 0 Å². The molecule has 0 radical (unpaired) electrons. The second kappa shape index (κ2) is 40.7. The maximum absolute atomic E-state index is 12.4. The summed E-state index contributed by atoms with van der Waals surface area (Å²) in [7, 11) is -4.27. The van der Waals surface area contributed by atoms with Crippen molar-refractivity contribution in [3.8, 4) is 0 Å². The van der Waals surface area contributed by atoms with Crippen LogP contribution in [0.2, 0.25) is 0 Å². The molecule has 0 aromatic rings. The number of phosphoric ester groups is 1. The maximum atomic E-state index is 12.4. The molecule has 0 aromatic heterocycles. The molecule has 0 rings (SSSR count). The van der Waals surface area contributed by atoms with E-state index < -0.39 is 13.9 Å². The largest absolute Gasteiger partial charge is 0.492 e. The van der Waals surface area contributed by atoms with Gasteiger partial charge in [-0.3, -0.25) is 13.8 Å². The van der Waals surface area contributed by atoms with Crippen molar-refractivity contribution in [2.24, 2.45) is 5.73 Å². The molecule has 2 atom stereocenters. The molecule has 0 aromatic carbocycles. The van der Waals surface area contributed by atoms with Crippen molar-refractivity contribution in [3.05, 3.63) is 36.6 Å². The van der Waals surface area contributed by atoms with Crippen molar-refractivity contribution in [3.63, 3.8) is 0 Å². The molecule has 0 aliphatic rings. The standard InChI is InChI=1S/C43H82NO7P/c1-3-5-7-9-11-13-15-17-19-21-22-24-26-28-30-32-34-36-43(45)49-40-42(41-51-52(46,47)50-39-37-44)48-38-35-33-31-29-27-25-23-20-18-16-14-12-10-8-6-4-2/h14,16-17,19,35,38,42H,3-13,15,18,20-34,36-37,39-41,44H2,1-2H3,(H,46,47). The van der Waals surface area contributed by atoms with Gasteiger partial charge in [-0.15, -0.1) is 0 Å². The Labute approximate surface area is 320 Å². The van der Waals surface area contributed by atoms with Gasteiger partial charge in [0.15, 0.2) is 6.10 Å². The molecule has 0 fully saturated rings. The van der Waals surface area contributed by atoms with Crippen molar-refractivity contribution in [2.75, 3.05) is 26.4 Å². The van der Waals surface area contributed by atoms with E-state index in [-0.39, 0.29) is 32.3 Å². The van der Waals surface area contributed by atoms with Gasteiger partial charge in [0.2, 0.25) is 0 Å². The molecular formula is C43H82NO7P. The van der Waals surface area contributed by atoms with Gasteiger partial charge >= 0.3 is 13.8 Å². The van der Waals surface area contributed by atoms with Crippen molar-refractivity contribution in [1.29, 1.82) is 0 Å². The Morgan fingerprint density at radius 1 is 0.577 bits per heavy atom. The van der Waals surface area contributed by atoms with Crippen LogP contribution >= 0.6 is 7.82 Å². The Morgan fingerprint density at radius 2 is 0.981 bits per heavy atom. The summed E-state index contributed by atoms with van der Waals surface area (Å²) in [6.07, 6.45) is 46.9. The van der Waals surface area contributed by atoms with E-state index in [1.165, 1.54) is 148 Å². The summed E-state index contributed by atoms with van der Waals surface area (Å²) in [6, 6.07) is 0. The maximum Gasteiger partial charge on any atom is 0.472 e. The summed E-state index contributed by atoms with van der Waals surface area (Å²) in [5.41, 5.74) is 5.36. The van der Waals surface area contributed by atoms with Crippen LogP contribution in [0.15, 0.2) is 36.6 Å². The lowest BCUT2D eigenvalue weighted by atomic mass is 10.1. The van der Waals surface area contributed by atoms with E-state index in [1.807, 2.05) is 6.08 Å². The van der Waals surface area contributed by atoms with E-state index in [4.69, 9.17) is 24.3 Å². The lowest BCUT2D eigenvalue weighted by Crippen LogP contribution is -2.25. The van der Waals surface area contributed by atoms with Crippen LogP contribution < -0.4 is 5.73 Å². The van der Waals surface area contributed by atoms with Crippen LogP contribution in [0.1, 0.15) is 200 Å². The molecule has 0 spiro atoms. The first kappa shape index (κ1) is 50.6. The van der Waals surface area contributed by atoms with E-state index in [0.717, 1.165) is 32.1 Å². The lowest BCUT2D eigenvalue weighted by molar-refractivity contribution is -0.147. The smallest absolute Gasteiger partial charge is 0.472 e. The van der Waals surface area contributed by atoms with Crippen molar-refractivity contribution in [1.82, 2.24) is 0 Å². The van der Waals surface area contributed by atoms with Crippen molar-refractivity contribution in [2.45, 2.75) is 206 Å². The number of hydrogen-bond donors (Lipinski definition) is 2. The Bertz CT molecular complexity index is 895. The van der Waals surface area contributed by atoms with Crippen molar-refractivity contribution >= 4 is 13.8 Å². The van der Waals surface area contributed by atoms with Crippen molar-refractivity contribution < 1.29 is 32.8 Å². The minimum absolute atomic E-state index is 0.0679. The number of ether oxygens (including phenoxy) is 2. The van der Waals surface area contributed by atoms with Crippen LogP contribution in [0.5, 0.6) is 0 Å². The molecule has 306 valence electrons. The third-order valence-corrected chi connectivity index (χ3v) is 10.1. The minimum Gasteiger partial charge on any atom is -0.492 e. The van der Waals surface area contributed by atoms with Gasteiger partial charge in [0.25, 0.3) is 0 Å². The van der Waals surface area contributed by atoms with Crippen LogP contribution in [0.25, 0.3) is 0 Å². The number of allylic oxidation sites excluding steroid dienone is 5. The summed E-state index contributed by atoms with van der Waals surface area (Å²) in [5.74, 6) is -0.296. The van der Waals surface area contributed by atoms with Crippen LogP contribution in [0.3, 0.4) is 0 Å². The molecule has 0 heterocycles. The number of unbranched alkanes of at least 4 members (excludes halogenated alkanes) is 24. The zero-order valence-corrected chi connectivity index (χ0v) is 34.7. The molecule has 0 saturated carbocycles. The summed E-state index contributed by atoms with van der Waals surface area (Å²) in [4.78, 5) is 22.3. The predicted octanol–water partition coefficient (Wildman–Crippen LogP) is 13.0. The average Bonchev–Trinajstić information content (AvgIpc) is 3.14. The Balaban J connectivity index is 4.09. The fraction of sp³-hybridized carbons (Fsp3) is 0.837. The summed E-state index contributed by atoms with van der Waals surface area (Å²) < 4.78 is 33.2. The van der Waals surface area contributed by atoms with Gasteiger partial charge in [0, 0.05) is 13.0 Å². The van der Waals surface area contributed by atoms with Gasteiger partial charge < -0.3 is 20.1 Å². The molecule has 0 bridgehead atoms. The van der Waals surface area contributed by atoms with E-state index in [1.54, 1.807) is 6.26 Å². The molecule has 52 heavy (non-hydrogen) atoms. The zero-order valence-electron chi connectivity index (χ0n) is 33.8. The fourth-order valence-electron chi connectivity index (χ4n) is 5.85. The van der Waals surface area contributed by atoms with Crippen LogP contribution in [0, 0.1) is 0 Å². The Morgan fingerprint density at radius 3 is 1.44 bits per heavy atom. The molecule has 8 nitrogen and oxygen atoms in total. The number of phosphoric acid groups is 1. The van der Waals surface area contributed by atoms with Gasteiger partial charge in [0.1, 0.15) is 6.61 Å². The molecular weight excluding hydrogens is 673 g/mol. The fourth-order valence-corrected chi connectivity index (χ4v) is 6.62. The van der Waals surface area contributed by atoms with Gasteiger partial charge in [-0.25, -0.2) is 4.57 Å². The zero-order chi connectivity index (χ0) is 38.1. The highest BCUT2D eigenvalue weighted by molar-refractivity contribution is 7.47. The molecule has 0 amide bonds. The first-order valence-electron chi connectivity index (χ1n) is 21.5. The number of hydrogen-bond acceptors (Lipinski definition) is 7. The summed E-state index contributed by atoms with van der Waals surface area (Å²) in [6.45, 7) is 4.20. The number of carbonyl (C=O) groups excluding carboxylic acids is 1. The Hall–Kier alpha value is -1.44. The quantitative estimate of drug-likeness (QED) is 0.0208. The third-order valence-electron chi connectivity index (χ3n) is 9.12. The summed E-state index contributed by atoms with van der Waals surface area (Å²) in [5, 5.41) is 0. The van der Waals surface area contributed by atoms with Gasteiger partial charge in [-0.1, -0.05) is 147 Å². The molecule has 9 heteroatoms. The van der Waals surface area contributed by atoms with Gasteiger partial charge in [-0.05, 0) is 76.7 Å². The predicted molar refractivity (Wildman–Crippen MR) is 219 cm³/mol. The molecule has 0 aliphatic carbocycles. The van der Waals surface area contributed by atoms with Crippen LogP contribution in [-0.4, -0.2) is 43.3 Å². The van der Waals surface area contributed by atoms with Gasteiger partial charge in [-0.2, -0.15) is 0 Å². The Kier molecular flexibility index (Phi) is 39.6. The van der Waals surface area contributed by atoms with Gasteiger partial charge in [0.05, 0.1) is 19.5 Å². The highest BCUT2D eigenvalue weighted by Crippen LogP contribution is 2.43. The topological polar surface area (TPSA) is 117 Å². The normalized spacial score (nSPS) is 13.8. The molecule has 0 aliphatic heterocycles. The monoisotopic (exact) mass is 756 g/mol. The lowest BCUT2D eigenvalue weighted by Gasteiger charge is -2.19. The highest BCUT2D eigenvalue weighted by Gasteiger charge is 2.24. The number of carbonyl (C=O) groups is 1. The third kappa shape index (κ3) is 39.8. The average molecular weight is 756 g/mol. The first-order valence-corrected chi connectivity index (χ1v) is 23.0. The second-order valence-electron chi connectivity index (χ2n) is 14.3. The van der Waals surface area contributed by atoms with E-state index >= 15 is 0 Å². The van der Waals surface area contributed by atoms with E-state index in [2.05, 4.69) is 38.2 Å². The molecule has 3 N–H and O–H groups in total. The minimum atomic E-state index is -4.27. The van der Waals surface area contributed by atoms with Crippen LogP contribution in [-0.2, 0) is 27.9 Å². The molecule has 2 unspecified atom stereocenters. The summed E-state index contributed by atoms with van der Waals surface area (Å²) >= 11 is 0. The SMILES string of the molecule is CCCCCCC=CCCCCCCCCC=COC(COC(=O)CCCCCCCCCC=CCCCCCCCC)COP(=O)(O)OCCN. The number of rotatable bonds is 41. The van der Waals surface area contributed by atoms with E-state index in [9.17, 15) is 14.3 Å².